The number of nitrogens with zero attached hydrogens (tertiary/aromatic N) is 2. The van der Waals surface area contributed by atoms with Crippen LogP contribution in [-0.4, -0.2) is 9.55 Å². The third kappa shape index (κ3) is 2.71. The molecule has 3 rings (SSSR count). The zero-order chi connectivity index (χ0) is 14.1. The fourth-order valence-corrected chi connectivity index (χ4v) is 2.65. The molecule has 0 radical (unpaired) electrons. The summed E-state index contributed by atoms with van der Waals surface area (Å²) in [6.45, 7) is 0.490. The molecule has 0 aliphatic rings. The number of fused-ring (bicyclic) bond motifs is 1. The molecule has 0 fully saturated rings. The highest BCUT2D eigenvalue weighted by Crippen LogP contribution is 2.13. The number of rotatable bonds is 2. The Morgan fingerprint density at radius 1 is 1.15 bits per heavy atom. The lowest BCUT2D eigenvalue weighted by molar-refractivity contribution is 0.748. The minimum absolute atomic E-state index is 0.0246. The molecule has 0 aliphatic heterocycles. The van der Waals surface area contributed by atoms with Crippen molar-refractivity contribution >= 4 is 45.1 Å². The Hall–Kier alpha value is -1.40. The van der Waals surface area contributed by atoms with Crippen molar-refractivity contribution in [3.05, 3.63) is 73.3 Å². The molecule has 0 spiro atoms. The molecule has 0 aliphatic carbocycles. The first-order valence-electron chi connectivity index (χ1n) is 6.02. The second-order valence-corrected chi connectivity index (χ2v) is 6.15. The summed E-state index contributed by atoms with van der Waals surface area (Å²) < 4.78 is 2.64. The van der Waals surface area contributed by atoms with Gasteiger partial charge in [0.25, 0.3) is 5.56 Å². The van der Waals surface area contributed by atoms with Crippen molar-refractivity contribution in [3.63, 3.8) is 0 Å². The zero-order valence-corrected chi connectivity index (χ0v) is 13.3. The van der Waals surface area contributed by atoms with Crippen LogP contribution >= 0.6 is 34.2 Å². The average molecular weight is 397 g/mol. The van der Waals surface area contributed by atoms with Crippen LogP contribution in [0.5, 0.6) is 0 Å². The number of aromatic nitrogens is 2. The van der Waals surface area contributed by atoms with E-state index in [9.17, 15) is 4.79 Å². The monoisotopic (exact) mass is 396 g/mol. The lowest BCUT2D eigenvalue weighted by atomic mass is 10.2. The number of hydrogen-bond acceptors (Lipinski definition) is 2. The third-order valence-corrected chi connectivity index (χ3v) is 3.98. The van der Waals surface area contributed by atoms with Crippen LogP contribution < -0.4 is 5.56 Å². The van der Waals surface area contributed by atoms with E-state index in [2.05, 4.69) is 27.6 Å². The largest absolute Gasteiger partial charge is 0.294 e. The highest BCUT2D eigenvalue weighted by atomic mass is 127. The van der Waals surface area contributed by atoms with E-state index in [-0.39, 0.29) is 5.56 Å². The molecule has 0 saturated heterocycles. The van der Waals surface area contributed by atoms with E-state index in [4.69, 9.17) is 11.6 Å². The van der Waals surface area contributed by atoms with Gasteiger partial charge in [0.05, 0.1) is 23.8 Å². The molecular formula is C15H10ClIN2O. The molecule has 100 valence electrons. The first-order valence-corrected chi connectivity index (χ1v) is 7.48. The molecule has 1 aromatic heterocycles. The van der Waals surface area contributed by atoms with Gasteiger partial charge in [0.15, 0.2) is 0 Å². The van der Waals surface area contributed by atoms with Crippen molar-refractivity contribution in [1.82, 2.24) is 9.55 Å². The van der Waals surface area contributed by atoms with Gasteiger partial charge >= 0.3 is 0 Å². The number of benzene rings is 2. The summed E-state index contributed by atoms with van der Waals surface area (Å²) in [7, 11) is 0. The van der Waals surface area contributed by atoms with Crippen molar-refractivity contribution in [3.8, 4) is 0 Å². The Labute approximate surface area is 134 Å². The van der Waals surface area contributed by atoms with Gasteiger partial charge < -0.3 is 0 Å². The number of hydrogen-bond donors (Lipinski definition) is 0. The summed E-state index contributed by atoms with van der Waals surface area (Å²) in [5.74, 6) is 0. The summed E-state index contributed by atoms with van der Waals surface area (Å²) in [6.07, 6.45) is 1.59. The van der Waals surface area contributed by atoms with E-state index in [0.29, 0.717) is 17.0 Å². The standard InChI is InChI=1S/C15H10ClIN2O/c16-11-3-1-10(2-4-11)8-19-9-18-14-6-5-12(17)7-13(14)15(19)20/h1-7,9H,8H2. The van der Waals surface area contributed by atoms with E-state index in [1.54, 1.807) is 10.9 Å². The summed E-state index contributed by atoms with van der Waals surface area (Å²) in [5, 5.41) is 1.33. The zero-order valence-electron chi connectivity index (χ0n) is 10.4. The quantitative estimate of drug-likeness (QED) is 0.619. The highest BCUT2D eigenvalue weighted by Gasteiger charge is 2.05. The minimum atomic E-state index is -0.0246. The minimum Gasteiger partial charge on any atom is -0.294 e. The fraction of sp³-hybridized carbons (Fsp3) is 0.0667. The van der Waals surface area contributed by atoms with E-state index in [1.807, 2.05) is 42.5 Å². The topological polar surface area (TPSA) is 34.9 Å². The van der Waals surface area contributed by atoms with Crippen molar-refractivity contribution in [1.29, 1.82) is 0 Å². The van der Waals surface area contributed by atoms with Gasteiger partial charge in [0.2, 0.25) is 0 Å². The maximum atomic E-state index is 12.4. The molecular weight excluding hydrogens is 387 g/mol. The van der Waals surface area contributed by atoms with Crippen LogP contribution in [0.4, 0.5) is 0 Å². The van der Waals surface area contributed by atoms with Crippen LogP contribution in [0.2, 0.25) is 5.02 Å². The lowest BCUT2D eigenvalue weighted by Crippen LogP contribution is -2.21. The third-order valence-electron chi connectivity index (χ3n) is 3.05. The Kier molecular flexibility index (Phi) is 3.76. The smallest absolute Gasteiger partial charge is 0.261 e. The summed E-state index contributed by atoms with van der Waals surface area (Å²) in [4.78, 5) is 16.8. The molecule has 0 unspecified atom stereocenters. The highest BCUT2D eigenvalue weighted by molar-refractivity contribution is 14.1. The molecule has 0 amide bonds. The van der Waals surface area contributed by atoms with Crippen LogP contribution in [0.3, 0.4) is 0 Å². The van der Waals surface area contributed by atoms with Gasteiger partial charge in [0.1, 0.15) is 0 Å². The summed E-state index contributed by atoms with van der Waals surface area (Å²) >= 11 is 8.05. The van der Waals surface area contributed by atoms with Gasteiger partial charge in [-0.3, -0.25) is 9.36 Å². The van der Waals surface area contributed by atoms with Crippen molar-refractivity contribution in [2.45, 2.75) is 6.54 Å². The van der Waals surface area contributed by atoms with Crippen LogP contribution in [-0.2, 0) is 6.54 Å². The predicted molar refractivity (Wildman–Crippen MR) is 89.3 cm³/mol. The van der Waals surface area contributed by atoms with E-state index in [1.165, 1.54) is 0 Å². The SMILES string of the molecule is O=c1c2cc(I)ccc2ncn1Cc1ccc(Cl)cc1. The van der Waals surface area contributed by atoms with Gasteiger partial charge in [-0.2, -0.15) is 0 Å². The fourth-order valence-electron chi connectivity index (χ4n) is 2.03. The first-order chi connectivity index (χ1) is 9.63. The molecule has 3 aromatic rings. The van der Waals surface area contributed by atoms with Crippen molar-refractivity contribution < 1.29 is 0 Å². The van der Waals surface area contributed by atoms with Crippen LogP contribution in [0.25, 0.3) is 10.9 Å². The van der Waals surface area contributed by atoms with E-state index < -0.39 is 0 Å². The van der Waals surface area contributed by atoms with Crippen LogP contribution in [0.15, 0.2) is 53.6 Å². The van der Waals surface area contributed by atoms with Crippen LogP contribution in [0, 0.1) is 3.57 Å². The second kappa shape index (κ2) is 5.54. The Bertz CT molecular complexity index is 827. The maximum absolute atomic E-state index is 12.4. The molecule has 2 aromatic carbocycles. The van der Waals surface area contributed by atoms with Crippen LogP contribution in [0.1, 0.15) is 5.56 Å². The normalized spacial score (nSPS) is 10.9. The van der Waals surface area contributed by atoms with Gasteiger partial charge in [-0.15, -0.1) is 0 Å². The second-order valence-electron chi connectivity index (χ2n) is 4.47. The van der Waals surface area contributed by atoms with Gasteiger partial charge in [-0.1, -0.05) is 23.7 Å². The summed E-state index contributed by atoms with van der Waals surface area (Å²) in [6, 6.07) is 13.1. The average Bonchev–Trinajstić information content (AvgIpc) is 2.45. The van der Waals surface area contributed by atoms with Crippen molar-refractivity contribution in [2.75, 3.05) is 0 Å². The Morgan fingerprint density at radius 2 is 1.90 bits per heavy atom. The lowest BCUT2D eigenvalue weighted by Gasteiger charge is -2.07. The van der Waals surface area contributed by atoms with E-state index in [0.717, 1.165) is 14.7 Å². The molecule has 0 atom stereocenters. The van der Waals surface area contributed by atoms with Gasteiger partial charge in [-0.25, -0.2) is 4.98 Å². The predicted octanol–water partition coefficient (Wildman–Crippen LogP) is 3.70. The molecule has 20 heavy (non-hydrogen) atoms. The Balaban J connectivity index is 2.06. The molecule has 1 heterocycles. The van der Waals surface area contributed by atoms with Crippen molar-refractivity contribution in [2.24, 2.45) is 0 Å². The van der Waals surface area contributed by atoms with Gasteiger partial charge in [-0.05, 0) is 58.5 Å². The molecule has 3 nitrogen and oxygen atoms in total. The maximum Gasteiger partial charge on any atom is 0.261 e. The van der Waals surface area contributed by atoms with Gasteiger partial charge in [0, 0.05) is 8.59 Å². The summed E-state index contributed by atoms with van der Waals surface area (Å²) in [5.41, 5.74) is 1.72. The first kappa shape index (κ1) is 13.6. The molecule has 0 saturated carbocycles. The molecule has 0 bridgehead atoms. The molecule has 5 heteroatoms. The molecule has 0 N–H and O–H groups in total. The number of halogens is 2. The van der Waals surface area contributed by atoms with E-state index >= 15 is 0 Å². The Morgan fingerprint density at radius 3 is 2.65 bits per heavy atom.